The third kappa shape index (κ3) is 3.04. The van der Waals surface area contributed by atoms with Crippen LogP contribution in [-0.4, -0.2) is 45.0 Å². The van der Waals surface area contributed by atoms with E-state index in [9.17, 15) is 4.79 Å². The fourth-order valence-corrected chi connectivity index (χ4v) is 4.22. The average Bonchev–Trinajstić information content (AvgIpc) is 3.31. The number of nitrogens with one attached hydrogen (secondary N) is 1. The molecular formula is C19H21N5OS. The zero-order valence-corrected chi connectivity index (χ0v) is 15.7. The third-order valence-corrected chi connectivity index (χ3v) is 5.64. The van der Waals surface area contributed by atoms with Crippen molar-refractivity contribution in [2.45, 2.75) is 13.0 Å². The van der Waals surface area contributed by atoms with E-state index >= 15 is 0 Å². The number of carbonyl (C=O) groups is 1. The maximum absolute atomic E-state index is 13.2. The number of imidazole rings is 1. The van der Waals surface area contributed by atoms with Gasteiger partial charge in [-0.05, 0) is 12.5 Å². The predicted octanol–water partition coefficient (Wildman–Crippen LogP) is 2.64. The molecule has 0 saturated carbocycles. The van der Waals surface area contributed by atoms with E-state index in [1.54, 1.807) is 6.20 Å². The van der Waals surface area contributed by atoms with E-state index in [2.05, 4.69) is 28.3 Å². The first kappa shape index (κ1) is 16.9. The van der Waals surface area contributed by atoms with Gasteiger partial charge in [-0.1, -0.05) is 24.3 Å². The summed E-state index contributed by atoms with van der Waals surface area (Å²) < 4.78 is 1.97. The largest absolute Gasteiger partial charge is 0.336 e. The molecule has 4 rings (SSSR count). The molecule has 0 radical (unpaired) electrons. The second-order valence-electron chi connectivity index (χ2n) is 6.47. The topological polar surface area (TPSA) is 63.1 Å². The fraction of sp³-hybridized carbons (Fsp3) is 0.316. The summed E-state index contributed by atoms with van der Waals surface area (Å²) in [5, 5.41) is 6.11. The Labute approximate surface area is 156 Å². The minimum atomic E-state index is -0.0835. The summed E-state index contributed by atoms with van der Waals surface area (Å²) >= 11 is 1.52. The molecule has 2 aromatic heterocycles. The Balaban J connectivity index is 1.62. The number of aryl methyl sites for hydroxylation is 2. The molecule has 1 aliphatic heterocycles. The van der Waals surface area contributed by atoms with Crippen molar-refractivity contribution >= 4 is 17.2 Å². The smallest absolute Gasteiger partial charge is 0.274 e. The van der Waals surface area contributed by atoms with Crippen LogP contribution in [0.15, 0.2) is 42.0 Å². The van der Waals surface area contributed by atoms with Crippen LogP contribution >= 0.6 is 11.3 Å². The highest BCUT2D eigenvalue weighted by atomic mass is 32.1. The van der Waals surface area contributed by atoms with Crippen LogP contribution in [0.3, 0.4) is 0 Å². The lowest BCUT2D eigenvalue weighted by Crippen LogP contribution is -2.49. The van der Waals surface area contributed by atoms with Gasteiger partial charge >= 0.3 is 0 Å². The van der Waals surface area contributed by atoms with E-state index < -0.39 is 0 Å². The van der Waals surface area contributed by atoms with Gasteiger partial charge < -0.3 is 14.8 Å². The molecule has 1 amide bonds. The molecule has 1 unspecified atom stereocenters. The minimum absolute atomic E-state index is 0.0319. The van der Waals surface area contributed by atoms with Crippen LogP contribution < -0.4 is 5.32 Å². The van der Waals surface area contributed by atoms with E-state index in [0.717, 1.165) is 28.5 Å². The molecule has 0 spiro atoms. The molecule has 1 N–H and O–H groups in total. The van der Waals surface area contributed by atoms with Crippen LogP contribution in [0.1, 0.15) is 27.9 Å². The molecular weight excluding hydrogens is 346 g/mol. The number of aromatic nitrogens is 3. The van der Waals surface area contributed by atoms with Gasteiger partial charge in [-0.2, -0.15) is 0 Å². The Bertz CT molecular complexity index is 931. The predicted molar refractivity (Wildman–Crippen MR) is 102 cm³/mol. The van der Waals surface area contributed by atoms with E-state index in [1.807, 2.05) is 46.3 Å². The highest BCUT2D eigenvalue weighted by Gasteiger charge is 2.32. The normalized spacial score (nSPS) is 17.5. The number of hydrogen-bond acceptors (Lipinski definition) is 5. The summed E-state index contributed by atoms with van der Waals surface area (Å²) in [4.78, 5) is 24.1. The van der Waals surface area contributed by atoms with Crippen molar-refractivity contribution in [1.82, 2.24) is 24.8 Å². The summed E-state index contributed by atoms with van der Waals surface area (Å²) in [6, 6.07) is 8.03. The van der Waals surface area contributed by atoms with Crippen LogP contribution in [0.25, 0.3) is 10.6 Å². The van der Waals surface area contributed by atoms with Crippen LogP contribution in [-0.2, 0) is 7.05 Å². The highest BCUT2D eigenvalue weighted by molar-refractivity contribution is 7.13. The minimum Gasteiger partial charge on any atom is -0.336 e. The van der Waals surface area contributed by atoms with Crippen molar-refractivity contribution in [1.29, 1.82) is 0 Å². The van der Waals surface area contributed by atoms with Crippen molar-refractivity contribution in [3.05, 3.63) is 59.1 Å². The quantitative estimate of drug-likeness (QED) is 0.773. The van der Waals surface area contributed by atoms with Crippen LogP contribution in [0, 0.1) is 6.92 Å². The summed E-state index contributed by atoms with van der Waals surface area (Å²) in [6.07, 6.45) is 3.68. The Morgan fingerprint density at radius 2 is 2.19 bits per heavy atom. The molecule has 1 aromatic carbocycles. The standard InChI is InChI=1S/C19H21N5OS/c1-13-5-3-4-6-14(13)18-22-15(12-26-18)19(25)24-10-7-20-11-16(24)17-21-8-9-23(17)2/h3-6,8-9,12,16,20H,7,10-11H2,1-2H3. The van der Waals surface area contributed by atoms with Crippen molar-refractivity contribution in [3.63, 3.8) is 0 Å². The van der Waals surface area contributed by atoms with Crippen LogP contribution in [0.4, 0.5) is 0 Å². The molecule has 1 fully saturated rings. The number of thiazole rings is 1. The van der Waals surface area contributed by atoms with Crippen LogP contribution in [0.2, 0.25) is 0 Å². The van der Waals surface area contributed by atoms with Crippen molar-refractivity contribution in [2.75, 3.05) is 19.6 Å². The number of piperazine rings is 1. The molecule has 3 aromatic rings. The molecule has 0 aliphatic carbocycles. The molecule has 3 heterocycles. The number of hydrogen-bond donors (Lipinski definition) is 1. The van der Waals surface area contributed by atoms with E-state index in [1.165, 1.54) is 11.3 Å². The monoisotopic (exact) mass is 367 g/mol. The van der Waals surface area contributed by atoms with Gasteiger partial charge in [-0.3, -0.25) is 4.79 Å². The molecule has 6 nitrogen and oxygen atoms in total. The number of carbonyl (C=O) groups excluding carboxylic acids is 1. The van der Waals surface area contributed by atoms with Gasteiger partial charge in [0.05, 0.1) is 0 Å². The lowest BCUT2D eigenvalue weighted by atomic mass is 10.1. The van der Waals surface area contributed by atoms with Crippen molar-refractivity contribution in [3.8, 4) is 10.6 Å². The maximum atomic E-state index is 13.2. The summed E-state index contributed by atoms with van der Waals surface area (Å²) in [6.45, 7) is 4.19. The van der Waals surface area contributed by atoms with Crippen molar-refractivity contribution < 1.29 is 4.79 Å². The van der Waals surface area contributed by atoms with E-state index in [-0.39, 0.29) is 11.9 Å². The van der Waals surface area contributed by atoms with Gasteiger partial charge in [0.1, 0.15) is 22.6 Å². The van der Waals surface area contributed by atoms with Crippen LogP contribution in [0.5, 0.6) is 0 Å². The summed E-state index contributed by atoms with van der Waals surface area (Å²) in [5.74, 6) is 0.857. The Kier molecular flexibility index (Phi) is 4.57. The molecule has 1 saturated heterocycles. The Morgan fingerprint density at radius 1 is 1.35 bits per heavy atom. The number of benzene rings is 1. The summed E-state index contributed by atoms with van der Waals surface area (Å²) in [5.41, 5.74) is 2.75. The second kappa shape index (κ2) is 7.01. The number of amides is 1. The van der Waals surface area contributed by atoms with Gasteiger partial charge in [0.15, 0.2) is 0 Å². The van der Waals surface area contributed by atoms with E-state index in [0.29, 0.717) is 18.8 Å². The molecule has 26 heavy (non-hydrogen) atoms. The van der Waals surface area contributed by atoms with Gasteiger partial charge in [-0.25, -0.2) is 9.97 Å². The number of rotatable bonds is 3. The molecule has 1 atom stereocenters. The summed E-state index contributed by atoms with van der Waals surface area (Å²) in [7, 11) is 1.96. The zero-order valence-electron chi connectivity index (χ0n) is 14.8. The maximum Gasteiger partial charge on any atom is 0.274 e. The van der Waals surface area contributed by atoms with Gasteiger partial charge in [0.25, 0.3) is 5.91 Å². The first-order valence-corrected chi connectivity index (χ1v) is 9.53. The lowest BCUT2D eigenvalue weighted by molar-refractivity contribution is 0.0615. The second-order valence-corrected chi connectivity index (χ2v) is 7.33. The van der Waals surface area contributed by atoms with Gasteiger partial charge in [-0.15, -0.1) is 11.3 Å². The molecule has 1 aliphatic rings. The highest BCUT2D eigenvalue weighted by Crippen LogP contribution is 2.28. The van der Waals surface area contributed by atoms with Gasteiger partial charge in [0.2, 0.25) is 0 Å². The average molecular weight is 367 g/mol. The van der Waals surface area contributed by atoms with Crippen molar-refractivity contribution in [2.24, 2.45) is 7.05 Å². The van der Waals surface area contributed by atoms with E-state index in [4.69, 9.17) is 0 Å². The molecule has 0 bridgehead atoms. The fourth-order valence-electron chi connectivity index (χ4n) is 3.33. The first-order chi connectivity index (χ1) is 12.6. The zero-order chi connectivity index (χ0) is 18.1. The van der Waals surface area contributed by atoms with Gasteiger partial charge in [0, 0.05) is 50.0 Å². The SMILES string of the molecule is Cc1ccccc1-c1nc(C(=O)N2CCNCC2c2nccn2C)cs1. The molecule has 134 valence electrons. The first-order valence-electron chi connectivity index (χ1n) is 8.65. The number of nitrogens with zero attached hydrogens (tertiary/aromatic N) is 4. The third-order valence-electron chi connectivity index (χ3n) is 4.76. The Morgan fingerprint density at radius 3 is 2.96 bits per heavy atom. The lowest BCUT2D eigenvalue weighted by Gasteiger charge is -2.35. The molecule has 7 heteroatoms. The Hall–Kier alpha value is -2.51.